The van der Waals surface area contributed by atoms with Crippen molar-refractivity contribution in [1.29, 1.82) is 0 Å². The van der Waals surface area contributed by atoms with Gasteiger partial charge in [-0.1, -0.05) is 41.2 Å². The van der Waals surface area contributed by atoms with E-state index in [2.05, 4.69) is 10.1 Å². The first-order chi connectivity index (χ1) is 9.76. The summed E-state index contributed by atoms with van der Waals surface area (Å²) < 4.78 is 5.20. The van der Waals surface area contributed by atoms with Crippen LogP contribution in [0.1, 0.15) is 11.5 Å². The van der Waals surface area contributed by atoms with Gasteiger partial charge in [-0.3, -0.25) is 4.79 Å². The van der Waals surface area contributed by atoms with E-state index in [4.69, 9.17) is 10.3 Å². The number of carbonyl (C=O) groups excluding carboxylic acids is 1. The van der Waals surface area contributed by atoms with Crippen molar-refractivity contribution >= 4 is 17.0 Å². The van der Waals surface area contributed by atoms with Crippen LogP contribution in [-0.2, 0) is 13.1 Å². The molecule has 104 valence electrons. The van der Waals surface area contributed by atoms with Gasteiger partial charge < -0.3 is 15.2 Å². The topological polar surface area (TPSA) is 85.2 Å². The number of rotatable bonds is 4. The van der Waals surface area contributed by atoms with Crippen molar-refractivity contribution in [3.63, 3.8) is 0 Å². The number of nitrogens with two attached hydrogens (primary N) is 1. The number of amides is 1. The number of benzene rings is 1. The molecule has 0 unspecified atom stereocenters. The highest BCUT2D eigenvalue weighted by Crippen LogP contribution is 2.21. The highest BCUT2D eigenvalue weighted by Gasteiger charge is 2.23. The van der Waals surface area contributed by atoms with Crippen molar-refractivity contribution in [2.75, 3.05) is 12.3 Å². The molecule has 1 aromatic heterocycles. The van der Waals surface area contributed by atoms with Crippen LogP contribution in [0.4, 0.5) is 4.79 Å². The summed E-state index contributed by atoms with van der Waals surface area (Å²) in [5, 5.41) is 4.01. The molecule has 0 bridgehead atoms. The molecule has 1 fully saturated rings. The zero-order valence-electron chi connectivity index (χ0n) is 10.8. The monoisotopic (exact) mass is 290 g/mol. The zero-order chi connectivity index (χ0) is 13.9. The summed E-state index contributed by atoms with van der Waals surface area (Å²) in [5.74, 6) is 1.81. The van der Waals surface area contributed by atoms with E-state index in [9.17, 15) is 4.79 Å². The Morgan fingerprint density at radius 2 is 2.15 bits per heavy atom. The summed E-state index contributed by atoms with van der Waals surface area (Å²) >= 11 is 1.32. The van der Waals surface area contributed by atoms with E-state index in [1.165, 1.54) is 11.8 Å². The van der Waals surface area contributed by atoms with Crippen molar-refractivity contribution in [1.82, 2.24) is 15.0 Å². The van der Waals surface area contributed by atoms with E-state index in [-0.39, 0.29) is 5.24 Å². The Labute approximate surface area is 120 Å². The molecule has 1 aliphatic heterocycles. The third kappa shape index (κ3) is 2.68. The van der Waals surface area contributed by atoms with E-state index in [0.29, 0.717) is 24.8 Å². The fourth-order valence-electron chi connectivity index (χ4n) is 1.96. The van der Waals surface area contributed by atoms with Crippen LogP contribution in [-0.4, -0.2) is 32.6 Å². The first-order valence-electron chi connectivity index (χ1n) is 6.30. The summed E-state index contributed by atoms with van der Waals surface area (Å²) in [6, 6.07) is 7.69. The van der Waals surface area contributed by atoms with E-state index < -0.39 is 0 Å². The maximum Gasteiger partial charge on any atom is 0.282 e. The fourth-order valence-corrected chi connectivity index (χ4v) is 2.78. The highest BCUT2D eigenvalue weighted by molar-refractivity contribution is 8.13. The van der Waals surface area contributed by atoms with Crippen LogP contribution >= 0.6 is 11.8 Å². The third-order valence-electron chi connectivity index (χ3n) is 3.09. The quantitative estimate of drug-likeness (QED) is 0.925. The molecule has 0 atom stereocenters. The second-order valence-electron chi connectivity index (χ2n) is 4.45. The number of nitrogens with zero attached hydrogens (tertiary/aromatic N) is 3. The van der Waals surface area contributed by atoms with Gasteiger partial charge in [-0.25, -0.2) is 0 Å². The number of hydrogen-bond acceptors (Lipinski definition) is 6. The average molecular weight is 290 g/mol. The van der Waals surface area contributed by atoms with E-state index in [1.807, 2.05) is 24.3 Å². The van der Waals surface area contributed by atoms with Crippen molar-refractivity contribution in [2.24, 2.45) is 5.73 Å². The van der Waals surface area contributed by atoms with Crippen molar-refractivity contribution < 1.29 is 9.32 Å². The molecule has 6 nitrogen and oxygen atoms in total. The molecule has 2 N–H and O–H groups in total. The normalized spacial score (nSPS) is 15.1. The molecule has 0 radical (unpaired) electrons. The predicted octanol–water partition coefficient (Wildman–Crippen LogP) is 1.86. The molecule has 3 rings (SSSR count). The molecule has 1 aliphatic rings. The van der Waals surface area contributed by atoms with Crippen molar-refractivity contribution in [3.05, 3.63) is 35.7 Å². The lowest BCUT2D eigenvalue weighted by Crippen LogP contribution is -2.22. The van der Waals surface area contributed by atoms with Crippen LogP contribution in [0.25, 0.3) is 11.4 Å². The van der Waals surface area contributed by atoms with Gasteiger partial charge in [-0.05, 0) is 5.56 Å². The average Bonchev–Trinajstić information content (AvgIpc) is 3.10. The molecule has 0 saturated carbocycles. The molecular weight excluding hydrogens is 276 g/mol. The van der Waals surface area contributed by atoms with Crippen LogP contribution in [0, 0.1) is 0 Å². The summed E-state index contributed by atoms with van der Waals surface area (Å²) in [5.41, 5.74) is 7.49. The molecule has 0 spiro atoms. The van der Waals surface area contributed by atoms with E-state index in [1.54, 1.807) is 4.90 Å². The summed E-state index contributed by atoms with van der Waals surface area (Å²) in [6.45, 7) is 1.61. The lowest BCUT2D eigenvalue weighted by Gasteiger charge is -2.09. The number of hydrogen-bond donors (Lipinski definition) is 1. The first kappa shape index (κ1) is 13.1. The lowest BCUT2D eigenvalue weighted by molar-refractivity contribution is 0.218. The molecule has 7 heteroatoms. The van der Waals surface area contributed by atoms with Gasteiger partial charge in [0.05, 0.1) is 0 Å². The van der Waals surface area contributed by atoms with E-state index in [0.717, 1.165) is 23.4 Å². The molecule has 1 aromatic carbocycles. The summed E-state index contributed by atoms with van der Waals surface area (Å²) in [6.07, 6.45) is 0. The highest BCUT2D eigenvalue weighted by atomic mass is 32.2. The largest absolute Gasteiger partial charge is 0.337 e. The number of aromatic nitrogens is 2. The molecule has 1 saturated heterocycles. The Hall–Kier alpha value is -1.86. The Kier molecular flexibility index (Phi) is 3.70. The Balaban J connectivity index is 1.73. The van der Waals surface area contributed by atoms with Gasteiger partial charge >= 0.3 is 0 Å². The predicted molar refractivity (Wildman–Crippen MR) is 75.9 cm³/mol. The fraction of sp³-hybridized carbons (Fsp3) is 0.308. The zero-order valence-corrected chi connectivity index (χ0v) is 11.6. The van der Waals surface area contributed by atoms with Crippen LogP contribution < -0.4 is 5.73 Å². The minimum atomic E-state index is 0.0667. The van der Waals surface area contributed by atoms with Gasteiger partial charge in [0.25, 0.3) is 5.24 Å². The van der Waals surface area contributed by atoms with Crippen LogP contribution in [0.2, 0.25) is 0 Å². The summed E-state index contributed by atoms with van der Waals surface area (Å²) in [7, 11) is 0. The summed E-state index contributed by atoms with van der Waals surface area (Å²) in [4.78, 5) is 17.5. The van der Waals surface area contributed by atoms with Gasteiger partial charge in [-0.2, -0.15) is 4.98 Å². The Morgan fingerprint density at radius 1 is 1.35 bits per heavy atom. The van der Waals surface area contributed by atoms with Crippen molar-refractivity contribution in [2.45, 2.75) is 13.1 Å². The first-order valence-corrected chi connectivity index (χ1v) is 7.28. The lowest BCUT2D eigenvalue weighted by atomic mass is 10.1. The van der Waals surface area contributed by atoms with Gasteiger partial charge in [-0.15, -0.1) is 0 Å². The van der Waals surface area contributed by atoms with Crippen LogP contribution in [0.15, 0.2) is 28.8 Å². The maximum atomic E-state index is 11.5. The maximum absolute atomic E-state index is 11.5. The SMILES string of the molecule is NCc1ccc(-c2noc(CN3CCSC3=O)n2)cc1. The smallest absolute Gasteiger partial charge is 0.282 e. The minimum Gasteiger partial charge on any atom is -0.337 e. The molecular formula is C13H14N4O2S. The van der Waals surface area contributed by atoms with E-state index >= 15 is 0 Å². The molecule has 2 aromatic rings. The second kappa shape index (κ2) is 5.64. The standard InChI is InChI=1S/C13H14N4O2S/c14-7-9-1-3-10(4-2-9)12-15-11(19-16-12)8-17-5-6-20-13(17)18/h1-4H,5-8,14H2. The Bertz CT molecular complexity index is 611. The Morgan fingerprint density at radius 3 is 2.80 bits per heavy atom. The van der Waals surface area contributed by atoms with Gasteiger partial charge in [0.1, 0.15) is 6.54 Å². The van der Waals surface area contributed by atoms with Crippen LogP contribution in [0.5, 0.6) is 0 Å². The van der Waals surface area contributed by atoms with Crippen LogP contribution in [0.3, 0.4) is 0 Å². The van der Waals surface area contributed by atoms with Gasteiger partial charge in [0.2, 0.25) is 11.7 Å². The number of carbonyl (C=O) groups is 1. The minimum absolute atomic E-state index is 0.0667. The third-order valence-corrected chi connectivity index (χ3v) is 3.98. The molecule has 0 aliphatic carbocycles. The molecule has 1 amide bonds. The van der Waals surface area contributed by atoms with Crippen molar-refractivity contribution in [3.8, 4) is 11.4 Å². The molecule has 20 heavy (non-hydrogen) atoms. The second-order valence-corrected chi connectivity index (χ2v) is 5.49. The van der Waals surface area contributed by atoms with Gasteiger partial charge in [0, 0.05) is 24.4 Å². The van der Waals surface area contributed by atoms with Gasteiger partial charge in [0.15, 0.2) is 0 Å². The molecule has 2 heterocycles. The number of thioether (sulfide) groups is 1.